The highest BCUT2D eigenvalue weighted by Crippen LogP contribution is 2.34. The van der Waals surface area contributed by atoms with Crippen molar-refractivity contribution in [1.29, 1.82) is 0 Å². The van der Waals surface area contributed by atoms with Crippen LogP contribution in [0.3, 0.4) is 0 Å². The first kappa shape index (κ1) is 10.8. The molecule has 0 fully saturated rings. The lowest BCUT2D eigenvalue weighted by Crippen LogP contribution is -2.36. The van der Waals surface area contributed by atoms with Gasteiger partial charge in [-0.05, 0) is 32.0 Å². The zero-order valence-electron chi connectivity index (χ0n) is 9.56. The van der Waals surface area contributed by atoms with Crippen LogP contribution in [-0.2, 0) is 4.79 Å². The number of nitrogens with zero attached hydrogens (tertiary/aromatic N) is 1. The van der Waals surface area contributed by atoms with Crippen LogP contribution in [0.4, 0.5) is 11.4 Å². The summed E-state index contributed by atoms with van der Waals surface area (Å²) in [5.41, 5.74) is 7.16. The number of nitrogens with two attached hydrogens (primary N) is 1. The number of ether oxygens (including phenoxy) is 1. The monoisotopic (exact) mass is 220 g/mol. The minimum Gasteiger partial charge on any atom is -0.491 e. The molecule has 0 aromatic heterocycles. The average Bonchev–Trinajstić information content (AvgIpc) is 2.35. The summed E-state index contributed by atoms with van der Waals surface area (Å²) in [6, 6.07) is 5.50. The van der Waals surface area contributed by atoms with Crippen molar-refractivity contribution < 1.29 is 9.53 Å². The third-order valence-corrected chi connectivity index (χ3v) is 2.60. The van der Waals surface area contributed by atoms with Crippen molar-refractivity contribution in [3.63, 3.8) is 0 Å². The van der Waals surface area contributed by atoms with E-state index in [0.29, 0.717) is 18.7 Å². The Morgan fingerprint density at radius 3 is 2.88 bits per heavy atom. The summed E-state index contributed by atoms with van der Waals surface area (Å²) in [6.45, 7) is 4.39. The van der Waals surface area contributed by atoms with Crippen LogP contribution in [0, 0.1) is 0 Å². The summed E-state index contributed by atoms with van der Waals surface area (Å²) in [4.78, 5) is 13.7. The number of anilines is 2. The normalized spacial score (nSPS) is 15.7. The van der Waals surface area contributed by atoms with Gasteiger partial charge in [0.25, 0.3) is 0 Å². The van der Waals surface area contributed by atoms with E-state index in [9.17, 15) is 4.79 Å². The number of carbonyl (C=O) groups excluding carboxylic acids is 1. The lowest BCUT2D eigenvalue weighted by atomic mass is 10.2. The fourth-order valence-electron chi connectivity index (χ4n) is 1.91. The van der Waals surface area contributed by atoms with E-state index in [1.165, 1.54) is 0 Å². The van der Waals surface area contributed by atoms with Crippen molar-refractivity contribution in [2.75, 3.05) is 17.2 Å². The van der Waals surface area contributed by atoms with Gasteiger partial charge in [-0.1, -0.05) is 0 Å². The van der Waals surface area contributed by atoms with Crippen LogP contribution in [0.1, 0.15) is 20.3 Å². The number of hydrogen-bond donors (Lipinski definition) is 1. The minimum atomic E-state index is 0.0827. The fraction of sp³-hybridized carbons (Fsp3) is 0.417. The van der Waals surface area contributed by atoms with Gasteiger partial charge in [-0.15, -0.1) is 0 Å². The lowest BCUT2D eigenvalue weighted by molar-refractivity contribution is -0.119. The second-order valence-corrected chi connectivity index (χ2v) is 4.18. The SMILES string of the molecule is CC(C)N1C(=O)CCOc2ccc(N)cc21. The number of fused-ring (bicyclic) bond motifs is 1. The van der Waals surface area contributed by atoms with Gasteiger partial charge in [0.2, 0.25) is 5.91 Å². The number of amides is 1. The molecule has 0 aliphatic carbocycles. The van der Waals surface area contributed by atoms with Crippen molar-refractivity contribution in [1.82, 2.24) is 0 Å². The smallest absolute Gasteiger partial charge is 0.230 e. The van der Waals surface area contributed by atoms with E-state index in [1.807, 2.05) is 19.9 Å². The van der Waals surface area contributed by atoms with Crippen LogP contribution in [-0.4, -0.2) is 18.6 Å². The second kappa shape index (κ2) is 4.04. The molecule has 1 heterocycles. The van der Waals surface area contributed by atoms with Gasteiger partial charge in [-0.2, -0.15) is 0 Å². The van der Waals surface area contributed by atoms with Crippen molar-refractivity contribution in [2.45, 2.75) is 26.3 Å². The molecule has 4 heteroatoms. The van der Waals surface area contributed by atoms with E-state index in [2.05, 4.69) is 0 Å². The molecule has 0 radical (unpaired) electrons. The Hall–Kier alpha value is -1.71. The molecule has 1 aliphatic rings. The van der Waals surface area contributed by atoms with E-state index < -0.39 is 0 Å². The van der Waals surface area contributed by atoms with E-state index >= 15 is 0 Å². The van der Waals surface area contributed by atoms with Crippen LogP contribution in [0.25, 0.3) is 0 Å². The van der Waals surface area contributed by atoms with E-state index in [0.717, 1.165) is 11.4 Å². The second-order valence-electron chi connectivity index (χ2n) is 4.18. The molecule has 1 amide bonds. The van der Waals surface area contributed by atoms with Crippen LogP contribution in [0.2, 0.25) is 0 Å². The Labute approximate surface area is 95.0 Å². The molecular formula is C12H16N2O2. The van der Waals surface area contributed by atoms with Gasteiger partial charge in [0.15, 0.2) is 0 Å². The van der Waals surface area contributed by atoms with E-state index in [-0.39, 0.29) is 11.9 Å². The molecule has 2 rings (SSSR count). The zero-order valence-corrected chi connectivity index (χ0v) is 9.56. The van der Waals surface area contributed by atoms with E-state index in [1.54, 1.807) is 17.0 Å². The number of benzene rings is 1. The van der Waals surface area contributed by atoms with Crippen molar-refractivity contribution in [3.8, 4) is 5.75 Å². The molecule has 4 nitrogen and oxygen atoms in total. The van der Waals surface area contributed by atoms with Crippen LogP contribution < -0.4 is 15.4 Å². The quantitative estimate of drug-likeness (QED) is 0.734. The lowest BCUT2D eigenvalue weighted by Gasteiger charge is -2.26. The molecule has 0 spiro atoms. The van der Waals surface area contributed by atoms with Crippen LogP contribution in [0.15, 0.2) is 18.2 Å². The van der Waals surface area contributed by atoms with Crippen LogP contribution >= 0.6 is 0 Å². The van der Waals surface area contributed by atoms with Gasteiger partial charge in [0.05, 0.1) is 18.7 Å². The maximum Gasteiger partial charge on any atom is 0.230 e. The Bertz CT molecular complexity index is 415. The molecule has 0 bridgehead atoms. The van der Waals surface area contributed by atoms with Gasteiger partial charge in [0, 0.05) is 11.7 Å². The fourth-order valence-corrected chi connectivity index (χ4v) is 1.91. The summed E-state index contributed by atoms with van der Waals surface area (Å²) < 4.78 is 5.54. The van der Waals surface area contributed by atoms with Gasteiger partial charge in [0.1, 0.15) is 5.75 Å². The summed E-state index contributed by atoms with van der Waals surface area (Å²) >= 11 is 0. The Kier molecular flexibility index (Phi) is 2.73. The van der Waals surface area contributed by atoms with Crippen molar-refractivity contribution in [3.05, 3.63) is 18.2 Å². The van der Waals surface area contributed by atoms with Gasteiger partial charge < -0.3 is 15.4 Å². The molecule has 0 atom stereocenters. The summed E-state index contributed by atoms with van der Waals surface area (Å²) in [5, 5.41) is 0. The summed E-state index contributed by atoms with van der Waals surface area (Å²) in [7, 11) is 0. The van der Waals surface area contributed by atoms with E-state index in [4.69, 9.17) is 10.5 Å². The molecule has 2 N–H and O–H groups in total. The molecule has 1 aromatic carbocycles. The predicted molar refractivity (Wildman–Crippen MR) is 63.6 cm³/mol. The molecule has 1 aliphatic heterocycles. The highest BCUT2D eigenvalue weighted by Gasteiger charge is 2.25. The first-order valence-corrected chi connectivity index (χ1v) is 5.44. The highest BCUT2D eigenvalue weighted by molar-refractivity contribution is 5.96. The van der Waals surface area contributed by atoms with Crippen molar-refractivity contribution >= 4 is 17.3 Å². The standard InChI is InChI=1S/C12H16N2O2/c1-8(2)14-10-7-9(13)3-4-11(10)16-6-5-12(14)15/h3-4,7-8H,5-6,13H2,1-2H3. The summed E-state index contributed by atoms with van der Waals surface area (Å²) in [6.07, 6.45) is 0.409. The molecule has 0 saturated carbocycles. The highest BCUT2D eigenvalue weighted by atomic mass is 16.5. The Balaban J connectivity index is 2.52. The first-order valence-electron chi connectivity index (χ1n) is 5.44. The van der Waals surface area contributed by atoms with Crippen LogP contribution in [0.5, 0.6) is 5.75 Å². The van der Waals surface area contributed by atoms with Gasteiger partial charge >= 0.3 is 0 Å². The largest absolute Gasteiger partial charge is 0.491 e. The summed E-state index contributed by atoms with van der Waals surface area (Å²) in [5.74, 6) is 0.813. The Morgan fingerprint density at radius 2 is 2.19 bits per heavy atom. The number of carbonyl (C=O) groups is 1. The number of nitrogen functional groups attached to an aromatic ring is 1. The maximum atomic E-state index is 11.9. The minimum absolute atomic E-state index is 0.0827. The third-order valence-electron chi connectivity index (χ3n) is 2.60. The number of rotatable bonds is 1. The average molecular weight is 220 g/mol. The molecule has 16 heavy (non-hydrogen) atoms. The Morgan fingerprint density at radius 1 is 1.44 bits per heavy atom. The molecule has 86 valence electrons. The van der Waals surface area contributed by atoms with Gasteiger partial charge in [-0.3, -0.25) is 4.79 Å². The molecule has 0 saturated heterocycles. The topological polar surface area (TPSA) is 55.6 Å². The molecule has 0 unspecified atom stereocenters. The molecule has 1 aromatic rings. The zero-order chi connectivity index (χ0) is 11.7. The predicted octanol–water partition coefficient (Wildman–Crippen LogP) is 1.79. The third kappa shape index (κ3) is 1.83. The first-order chi connectivity index (χ1) is 7.59. The number of hydrogen-bond acceptors (Lipinski definition) is 3. The van der Waals surface area contributed by atoms with Gasteiger partial charge in [-0.25, -0.2) is 0 Å². The maximum absolute atomic E-state index is 11.9. The molecular weight excluding hydrogens is 204 g/mol. The van der Waals surface area contributed by atoms with Crippen molar-refractivity contribution in [2.24, 2.45) is 0 Å².